The smallest absolute Gasteiger partial charge is 0.235 e. The van der Waals surface area contributed by atoms with E-state index in [0.717, 1.165) is 42.5 Å². The number of carbonyl (C=O) groups is 1. The summed E-state index contributed by atoms with van der Waals surface area (Å²) in [5, 5.41) is 9.29. The molecule has 128 valence electrons. The lowest BCUT2D eigenvalue weighted by atomic mass is 10.1. The van der Waals surface area contributed by atoms with Crippen LogP contribution in [0, 0.1) is 6.92 Å². The van der Waals surface area contributed by atoms with Gasteiger partial charge in [0, 0.05) is 25.7 Å². The average Bonchev–Trinajstić information content (AvgIpc) is 2.96. The zero-order valence-corrected chi connectivity index (χ0v) is 15.3. The number of likely N-dealkylation sites (tertiary alicyclic amines) is 1. The molecule has 24 heavy (non-hydrogen) atoms. The predicted octanol–water partition coefficient (Wildman–Crippen LogP) is 3.28. The van der Waals surface area contributed by atoms with E-state index < -0.39 is 0 Å². The van der Waals surface area contributed by atoms with Crippen LogP contribution in [0.15, 0.2) is 29.4 Å². The summed E-state index contributed by atoms with van der Waals surface area (Å²) in [6, 6.07) is 8.14. The maximum atomic E-state index is 12.6. The molecule has 0 radical (unpaired) electrons. The second kappa shape index (κ2) is 7.38. The van der Waals surface area contributed by atoms with Gasteiger partial charge >= 0.3 is 0 Å². The van der Waals surface area contributed by atoms with E-state index in [9.17, 15) is 4.79 Å². The van der Waals surface area contributed by atoms with Gasteiger partial charge < -0.3 is 9.47 Å². The van der Waals surface area contributed by atoms with Crippen LogP contribution >= 0.6 is 11.8 Å². The van der Waals surface area contributed by atoms with E-state index in [-0.39, 0.29) is 11.2 Å². The summed E-state index contributed by atoms with van der Waals surface area (Å²) in [5.41, 5.74) is 2.25. The number of thioether (sulfide) groups is 1. The molecule has 1 fully saturated rings. The highest BCUT2D eigenvalue weighted by Crippen LogP contribution is 2.28. The van der Waals surface area contributed by atoms with Gasteiger partial charge in [0.1, 0.15) is 0 Å². The van der Waals surface area contributed by atoms with Gasteiger partial charge in [-0.15, -0.1) is 10.2 Å². The third kappa shape index (κ3) is 3.48. The Bertz CT molecular complexity index is 722. The SMILES string of the molecule is Cc1ccccc1-c1nnc(S[C@@H](C)C(=O)N2CCCCC2)n1C. The van der Waals surface area contributed by atoms with Crippen LogP contribution in [0.25, 0.3) is 11.4 Å². The van der Waals surface area contributed by atoms with Crippen LogP contribution < -0.4 is 0 Å². The number of rotatable bonds is 4. The molecule has 0 spiro atoms. The summed E-state index contributed by atoms with van der Waals surface area (Å²) in [5.74, 6) is 1.05. The molecular formula is C18H24N4OS. The van der Waals surface area contributed by atoms with Gasteiger partial charge in [0.25, 0.3) is 0 Å². The number of carbonyl (C=O) groups excluding carboxylic acids is 1. The molecule has 1 aliphatic heterocycles. The Balaban J connectivity index is 1.74. The van der Waals surface area contributed by atoms with Gasteiger partial charge in [-0.25, -0.2) is 0 Å². The number of nitrogens with zero attached hydrogens (tertiary/aromatic N) is 4. The van der Waals surface area contributed by atoms with Crippen molar-refractivity contribution in [3.63, 3.8) is 0 Å². The molecule has 0 aliphatic carbocycles. The second-order valence-corrected chi connectivity index (χ2v) is 7.63. The minimum absolute atomic E-state index is 0.143. The molecule has 1 saturated heterocycles. The summed E-state index contributed by atoms with van der Waals surface area (Å²) in [4.78, 5) is 14.6. The largest absolute Gasteiger partial charge is 0.342 e. The summed E-state index contributed by atoms with van der Waals surface area (Å²) in [7, 11) is 1.96. The van der Waals surface area contributed by atoms with Gasteiger partial charge in [-0.2, -0.15) is 0 Å². The molecule has 0 N–H and O–H groups in total. The maximum Gasteiger partial charge on any atom is 0.235 e. The van der Waals surface area contributed by atoms with Crippen LogP contribution in [0.1, 0.15) is 31.7 Å². The number of aromatic nitrogens is 3. The van der Waals surface area contributed by atoms with Gasteiger partial charge in [0.15, 0.2) is 11.0 Å². The minimum Gasteiger partial charge on any atom is -0.342 e. The van der Waals surface area contributed by atoms with E-state index in [4.69, 9.17) is 0 Å². The second-order valence-electron chi connectivity index (χ2n) is 6.33. The number of hydrogen-bond donors (Lipinski definition) is 0. The van der Waals surface area contributed by atoms with Crippen molar-refractivity contribution >= 4 is 17.7 Å². The molecule has 1 aliphatic rings. The van der Waals surface area contributed by atoms with Crippen molar-refractivity contribution < 1.29 is 4.79 Å². The van der Waals surface area contributed by atoms with Gasteiger partial charge in [-0.05, 0) is 38.7 Å². The Hall–Kier alpha value is -1.82. The van der Waals surface area contributed by atoms with Crippen LogP contribution in [-0.4, -0.2) is 43.9 Å². The molecule has 1 amide bonds. The van der Waals surface area contributed by atoms with E-state index in [0.29, 0.717) is 0 Å². The molecule has 3 rings (SSSR count). The Morgan fingerprint density at radius 1 is 1.17 bits per heavy atom. The van der Waals surface area contributed by atoms with Crippen LogP contribution in [0.2, 0.25) is 0 Å². The van der Waals surface area contributed by atoms with Crippen molar-refractivity contribution in [1.82, 2.24) is 19.7 Å². The van der Waals surface area contributed by atoms with E-state index in [1.807, 2.05) is 35.6 Å². The zero-order chi connectivity index (χ0) is 17.1. The fourth-order valence-corrected chi connectivity index (χ4v) is 3.95. The summed E-state index contributed by atoms with van der Waals surface area (Å²) in [6.45, 7) is 5.80. The lowest BCUT2D eigenvalue weighted by Gasteiger charge is -2.28. The molecule has 2 heterocycles. The van der Waals surface area contributed by atoms with Gasteiger partial charge in [0.05, 0.1) is 5.25 Å². The molecule has 0 saturated carbocycles. The van der Waals surface area contributed by atoms with Crippen molar-refractivity contribution in [1.29, 1.82) is 0 Å². The number of aryl methyl sites for hydroxylation is 1. The first-order valence-electron chi connectivity index (χ1n) is 8.49. The summed E-state index contributed by atoms with van der Waals surface area (Å²) in [6.07, 6.45) is 3.46. The molecule has 1 aromatic carbocycles. The molecule has 0 unspecified atom stereocenters. The van der Waals surface area contributed by atoms with Crippen LogP contribution in [0.4, 0.5) is 0 Å². The molecule has 6 heteroatoms. The van der Waals surface area contributed by atoms with Gasteiger partial charge in [-0.1, -0.05) is 36.0 Å². The highest BCUT2D eigenvalue weighted by Gasteiger charge is 2.25. The Labute approximate surface area is 147 Å². The van der Waals surface area contributed by atoms with E-state index in [1.54, 1.807) is 0 Å². The quantitative estimate of drug-likeness (QED) is 0.799. The lowest BCUT2D eigenvalue weighted by Crippen LogP contribution is -2.40. The molecule has 1 aromatic heterocycles. The topological polar surface area (TPSA) is 51.0 Å². The predicted molar refractivity (Wildman–Crippen MR) is 96.9 cm³/mol. The highest BCUT2D eigenvalue weighted by molar-refractivity contribution is 8.00. The molecule has 2 aromatic rings. The maximum absolute atomic E-state index is 12.6. The number of benzene rings is 1. The van der Waals surface area contributed by atoms with Gasteiger partial charge in [0.2, 0.25) is 5.91 Å². The number of amides is 1. The zero-order valence-electron chi connectivity index (χ0n) is 14.5. The fourth-order valence-electron chi connectivity index (χ4n) is 3.06. The van der Waals surface area contributed by atoms with Crippen molar-refractivity contribution in [3.8, 4) is 11.4 Å². The molecule has 0 bridgehead atoms. The van der Waals surface area contributed by atoms with E-state index in [1.165, 1.54) is 23.7 Å². The third-order valence-corrected chi connectivity index (χ3v) is 5.64. The van der Waals surface area contributed by atoms with Crippen LogP contribution in [0.5, 0.6) is 0 Å². The molecular weight excluding hydrogens is 320 g/mol. The standard InChI is InChI=1S/C18H24N4OS/c1-13-9-5-6-10-15(13)16-19-20-18(21(16)3)24-14(2)17(23)22-11-7-4-8-12-22/h5-6,9-10,14H,4,7-8,11-12H2,1-3H3/t14-/m0/s1. The molecule has 5 nitrogen and oxygen atoms in total. The lowest BCUT2D eigenvalue weighted by molar-refractivity contribution is -0.131. The first-order valence-corrected chi connectivity index (χ1v) is 9.36. The van der Waals surface area contributed by atoms with Crippen molar-refractivity contribution in [2.75, 3.05) is 13.1 Å². The van der Waals surface area contributed by atoms with Crippen molar-refractivity contribution in [3.05, 3.63) is 29.8 Å². The molecule has 1 atom stereocenters. The van der Waals surface area contributed by atoms with E-state index in [2.05, 4.69) is 29.3 Å². The monoisotopic (exact) mass is 344 g/mol. The van der Waals surface area contributed by atoms with Crippen molar-refractivity contribution in [2.24, 2.45) is 7.05 Å². The van der Waals surface area contributed by atoms with E-state index >= 15 is 0 Å². The first kappa shape index (κ1) is 17.0. The minimum atomic E-state index is -0.143. The van der Waals surface area contributed by atoms with Crippen LogP contribution in [0.3, 0.4) is 0 Å². The third-order valence-electron chi connectivity index (χ3n) is 4.52. The Morgan fingerprint density at radius 3 is 2.58 bits per heavy atom. The number of piperidine rings is 1. The Kier molecular flexibility index (Phi) is 5.23. The highest BCUT2D eigenvalue weighted by atomic mass is 32.2. The van der Waals surface area contributed by atoms with Gasteiger partial charge in [-0.3, -0.25) is 4.79 Å². The van der Waals surface area contributed by atoms with Crippen molar-refractivity contribution in [2.45, 2.75) is 43.5 Å². The first-order chi connectivity index (χ1) is 11.6. The van der Waals surface area contributed by atoms with Crippen LogP contribution in [-0.2, 0) is 11.8 Å². The number of hydrogen-bond acceptors (Lipinski definition) is 4. The summed E-state index contributed by atoms with van der Waals surface area (Å²) < 4.78 is 1.98. The normalized spacial score (nSPS) is 16.2. The average molecular weight is 344 g/mol. The summed E-state index contributed by atoms with van der Waals surface area (Å²) >= 11 is 1.49. The Morgan fingerprint density at radius 2 is 1.88 bits per heavy atom. The fraction of sp³-hybridized carbons (Fsp3) is 0.500.